The Balaban J connectivity index is 1.85. The predicted octanol–water partition coefficient (Wildman–Crippen LogP) is 3.67. The van der Waals surface area contributed by atoms with E-state index in [-0.39, 0.29) is 0 Å². The molecule has 3 aromatic rings. The molecule has 1 N–H and O–H groups in total. The van der Waals surface area contributed by atoms with Crippen LogP contribution in [0.25, 0.3) is 4.96 Å². The quantitative estimate of drug-likeness (QED) is 0.749. The van der Waals surface area contributed by atoms with Gasteiger partial charge in [-0.05, 0) is 26.0 Å². The van der Waals surface area contributed by atoms with Crippen molar-refractivity contribution in [3.05, 3.63) is 45.9 Å². The summed E-state index contributed by atoms with van der Waals surface area (Å²) >= 11 is 7.50. The molecule has 3 aromatic heterocycles. The Morgan fingerprint density at radius 3 is 2.89 bits per heavy atom. The summed E-state index contributed by atoms with van der Waals surface area (Å²) in [5.41, 5.74) is 4.12. The normalized spacial score (nSPS) is 11.1. The van der Waals surface area contributed by atoms with Gasteiger partial charge in [0.25, 0.3) is 0 Å². The summed E-state index contributed by atoms with van der Waals surface area (Å²) < 4.78 is 2.12. The molecule has 0 saturated heterocycles. The van der Waals surface area contributed by atoms with Crippen LogP contribution in [0.15, 0.2) is 23.7 Å². The van der Waals surface area contributed by atoms with Gasteiger partial charge in [0.15, 0.2) is 4.96 Å². The van der Waals surface area contributed by atoms with Gasteiger partial charge in [0.05, 0.1) is 29.3 Å². The van der Waals surface area contributed by atoms with Crippen LogP contribution in [0, 0.1) is 13.8 Å². The van der Waals surface area contributed by atoms with Gasteiger partial charge < -0.3 is 5.32 Å². The molecular weight excluding hydrogens is 280 g/mol. The molecule has 0 amide bonds. The monoisotopic (exact) mass is 292 g/mol. The fourth-order valence-corrected chi connectivity index (χ4v) is 3.02. The largest absolute Gasteiger partial charge is 0.378 e. The van der Waals surface area contributed by atoms with Crippen molar-refractivity contribution in [2.45, 2.75) is 20.4 Å². The number of hydrogen-bond donors (Lipinski definition) is 1. The SMILES string of the molecule is Cc1nc(Cl)ccc1NCc1c(C)nc2sccn12. The van der Waals surface area contributed by atoms with Gasteiger partial charge in [0, 0.05) is 11.6 Å². The third-order valence-electron chi connectivity index (χ3n) is 3.06. The lowest BCUT2D eigenvalue weighted by atomic mass is 10.3. The van der Waals surface area contributed by atoms with Crippen LogP contribution >= 0.6 is 22.9 Å². The molecule has 6 heteroatoms. The van der Waals surface area contributed by atoms with Crippen molar-refractivity contribution < 1.29 is 0 Å². The van der Waals surface area contributed by atoms with E-state index in [4.69, 9.17) is 11.6 Å². The lowest BCUT2D eigenvalue weighted by molar-refractivity contribution is 0.987. The Bertz CT molecular complexity index is 731. The van der Waals surface area contributed by atoms with E-state index in [9.17, 15) is 0 Å². The maximum Gasteiger partial charge on any atom is 0.194 e. The number of aryl methyl sites for hydroxylation is 2. The molecular formula is C13H13ClN4S. The first-order chi connectivity index (χ1) is 9.15. The smallest absolute Gasteiger partial charge is 0.194 e. The van der Waals surface area contributed by atoms with E-state index in [0.717, 1.165) is 22.0 Å². The van der Waals surface area contributed by atoms with Gasteiger partial charge in [-0.15, -0.1) is 11.3 Å². The van der Waals surface area contributed by atoms with E-state index >= 15 is 0 Å². The topological polar surface area (TPSA) is 42.2 Å². The van der Waals surface area contributed by atoms with Crippen molar-refractivity contribution in [1.29, 1.82) is 0 Å². The Labute approximate surface area is 120 Å². The van der Waals surface area contributed by atoms with Gasteiger partial charge in [-0.3, -0.25) is 4.40 Å². The molecule has 0 aromatic carbocycles. The zero-order chi connectivity index (χ0) is 13.4. The fourth-order valence-electron chi connectivity index (χ4n) is 2.05. The first kappa shape index (κ1) is 12.4. The minimum Gasteiger partial charge on any atom is -0.378 e. The molecule has 3 rings (SSSR count). The number of fused-ring (bicyclic) bond motifs is 1. The minimum atomic E-state index is 0.517. The maximum atomic E-state index is 5.85. The Hall–Kier alpha value is -1.59. The van der Waals surface area contributed by atoms with E-state index in [1.54, 1.807) is 17.4 Å². The highest BCUT2D eigenvalue weighted by Crippen LogP contribution is 2.20. The van der Waals surface area contributed by atoms with E-state index in [1.807, 2.05) is 31.5 Å². The minimum absolute atomic E-state index is 0.517. The highest BCUT2D eigenvalue weighted by atomic mass is 35.5. The molecule has 0 atom stereocenters. The molecule has 19 heavy (non-hydrogen) atoms. The molecule has 98 valence electrons. The molecule has 0 aliphatic heterocycles. The zero-order valence-corrected chi connectivity index (χ0v) is 12.2. The third-order valence-corrected chi connectivity index (χ3v) is 4.03. The number of nitrogens with zero attached hydrogens (tertiary/aromatic N) is 3. The molecule has 0 bridgehead atoms. The average Bonchev–Trinajstić information content (AvgIpc) is 2.90. The van der Waals surface area contributed by atoms with Crippen LogP contribution in [0.5, 0.6) is 0 Å². The van der Waals surface area contributed by atoms with Crippen LogP contribution in [0.1, 0.15) is 17.1 Å². The summed E-state index contributed by atoms with van der Waals surface area (Å²) in [6.45, 7) is 4.69. The van der Waals surface area contributed by atoms with Gasteiger partial charge in [-0.25, -0.2) is 9.97 Å². The number of imidazole rings is 1. The van der Waals surface area contributed by atoms with Crippen LogP contribution in [0.3, 0.4) is 0 Å². The van der Waals surface area contributed by atoms with Crippen LogP contribution in [0.2, 0.25) is 5.15 Å². The van der Waals surface area contributed by atoms with Crippen molar-refractivity contribution in [3.63, 3.8) is 0 Å². The first-order valence-corrected chi connectivity index (χ1v) is 7.19. The van der Waals surface area contributed by atoms with E-state index in [2.05, 4.69) is 19.7 Å². The van der Waals surface area contributed by atoms with Crippen LogP contribution in [-0.2, 0) is 6.54 Å². The van der Waals surface area contributed by atoms with Crippen LogP contribution in [0.4, 0.5) is 5.69 Å². The molecule has 0 fully saturated rings. The Morgan fingerprint density at radius 2 is 2.11 bits per heavy atom. The van der Waals surface area contributed by atoms with Crippen LogP contribution in [-0.4, -0.2) is 14.4 Å². The highest BCUT2D eigenvalue weighted by molar-refractivity contribution is 7.15. The Morgan fingerprint density at radius 1 is 1.26 bits per heavy atom. The second kappa shape index (κ2) is 4.83. The number of rotatable bonds is 3. The number of thiazole rings is 1. The van der Waals surface area contributed by atoms with Crippen molar-refractivity contribution in [3.8, 4) is 0 Å². The number of halogens is 1. The molecule has 0 saturated carbocycles. The van der Waals surface area contributed by atoms with Gasteiger partial charge in [-0.1, -0.05) is 11.6 Å². The molecule has 0 radical (unpaired) electrons. The van der Waals surface area contributed by atoms with Crippen LogP contribution < -0.4 is 5.32 Å². The molecule has 0 aliphatic rings. The number of anilines is 1. The first-order valence-electron chi connectivity index (χ1n) is 5.93. The second-order valence-electron chi connectivity index (χ2n) is 4.32. The zero-order valence-electron chi connectivity index (χ0n) is 10.6. The van der Waals surface area contributed by atoms with Gasteiger partial charge in [0.1, 0.15) is 5.15 Å². The van der Waals surface area contributed by atoms with E-state index in [1.165, 1.54) is 5.69 Å². The summed E-state index contributed by atoms with van der Waals surface area (Å²) in [5.74, 6) is 0. The number of hydrogen-bond acceptors (Lipinski definition) is 4. The average molecular weight is 293 g/mol. The van der Waals surface area contributed by atoms with Crippen molar-refractivity contribution in [2.75, 3.05) is 5.32 Å². The fraction of sp³-hybridized carbons (Fsp3) is 0.231. The molecule has 4 nitrogen and oxygen atoms in total. The molecule has 0 unspecified atom stereocenters. The van der Waals surface area contributed by atoms with Crippen molar-refractivity contribution >= 4 is 33.6 Å². The third kappa shape index (κ3) is 2.31. The second-order valence-corrected chi connectivity index (χ2v) is 5.58. The molecule has 3 heterocycles. The predicted molar refractivity (Wildman–Crippen MR) is 79.1 cm³/mol. The van der Waals surface area contributed by atoms with E-state index in [0.29, 0.717) is 11.7 Å². The number of aromatic nitrogens is 3. The Kier molecular flexibility index (Phi) is 3.16. The summed E-state index contributed by atoms with van der Waals surface area (Å²) in [6, 6.07) is 3.74. The summed E-state index contributed by atoms with van der Waals surface area (Å²) in [6.07, 6.45) is 2.05. The number of pyridine rings is 1. The lowest BCUT2D eigenvalue weighted by Gasteiger charge is -2.09. The standard InChI is InChI=1S/C13H13ClN4S/c1-8-10(3-4-12(14)16-8)15-7-11-9(2)17-13-18(11)5-6-19-13/h3-6,15H,7H2,1-2H3. The summed E-state index contributed by atoms with van der Waals surface area (Å²) in [4.78, 5) is 9.79. The van der Waals surface area contributed by atoms with Gasteiger partial charge in [0.2, 0.25) is 0 Å². The van der Waals surface area contributed by atoms with Crippen molar-refractivity contribution in [2.24, 2.45) is 0 Å². The molecule has 0 aliphatic carbocycles. The molecule has 0 spiro atoms. The maximum absolute atomic E-state index is 5.85. The summed E-state index contributed by atoms with van der Waals surface area (Å²) in [7, 11) is 0. The van der Waals surface area contributed by atoms with Gasteiger partial charge >= 0.3 is 0 Å². The van der Waals surface area contributed by atoms with E-state index < -0.39 is 0 Å². The summed E-state index contributed by atoms with van der Waals surface area (Å²) in [5, 5.41) is 5.95. The van der Waals surface area contributed by atoms with Gasteiger partial charge in [-0.2, -0.15) is 0 Å². The number of nitrogens with one attached hydrogen (secondary N) is 1. The van der Waals surface area contributed by atoms with Crippen molar-refractivity contribution in [1.82, 2.24) is 14.4 Å². The highest BCUT2D eigenvalue weighted by Gasteiger charge is 2.09. The lowest BCUT2D eigenvalue weighted by Crippen LogP contribution is -2.05.